The highest BCUT2D eigenvalue weighted by atomic mass is 31.2. The molecule has 8 rings (SSSR count). The van der Waals surface area contributed by atoms with Crippen LogP contribution in [0, 0.1) is 0 Å². The molecule has 15 heteroatoms. The first-order valence-corrected chi connectivity index (χ1v) is 26.8. The standard InChI is InChI=1S/C59H69O14P/c1-59(2)70-41-52(72-59)33-34-74(60,71-40-47-23-15-8-16-24-47)73-58-56(68-42-63-35-44-17-9-5-10-18-44)54(65-37-46-21-13-7-14-22-46)53(66-38-48-25-29-50(61-3)30-26-48)55(67-39-49-27-31-51(62-4)32-28-49)57(58)69-43-64-36-45-19-11-6-12-20-45/h5-32,52-58H,33-43H2,1-4H3/t52-,53+,54+,55-,56+,57+,58-,74?/m0/s1. The highest BCUT2D eigenvalue weighted by Gasteiger charge is 2.57. The van der Waals surface area contributed by atoms with Gasteiger partial charge in [0.25, 0.3) is 0 Å². The third-order valence-electron chi connectivity index (χ3n) is 12.7. The largest absolute Gasteiger partial charge is 0.497 e. The summed E-state index contributed by atoms with van der Waals surface area (Å²) >= 11 is 0. The molecule has 394 valence electrons. The summed E-state index contributed by atoms with van der Waals surface area (Å²) in [4.78, 5) is 0. The molecule has 74 heavy (non-hydrogen) atoms. The predicted octanol–water partition coefficient (Wildman–Crippen LogP) is 11.2. The summed E-state index contributed by atoms with van der Waals surface area (Å²) in [6.45, 7) is 4.52. The topological polar surface area (TPSA) is 137 Å². The molecule has 8 atom stereocenters. The van der Waals surface area contributed by atoms with E-state index in [1.54, 1.807) is 14.2 Å². The Bertz CT molecular complexity index is 2560. The van der Waals surface area contributed by atoms with Crippen LogP contribution in [-0.4, -0.2) is 89.1 Å². The lowest BCUT2D eigenvalue weighted by atomic mass is 9.83. The second kappa shape index (κ2) is 28.0. The average Bonchev–Trinajstić information content (AvgIpc) is 3.81. The van der Waals surface area contributed by atoms with Gasteiger partial charge in [-0.2, -0.15) is 0 Å². The Hall–Kier alpha value is -5.29. The minimum absolute atomic E-state index is 0.00525. The van der Waals surface area contributed by atoms with Crippen molar-refractivity contribution >= 4 is 7.60 Å². The van der Waals surface area contributed by atoms with Gasteiger partial charge in [0.1, 0.15) is 61.7 Å². The zero-order valence-electron chi connectivity index (χ0n) is 42.6. The number of methoxy groups -OCH3 is 2. The van der Waals surface area contributed by atoms with Crippen molar-refractivity contribution in [3.63, 3.8) is 0 Å². The van der Waals surface area contributed by atoms with Crippen LogP contribution in [0.15, 0.2) is 170 Å². The minimum Gasteiger partial charge on any atom is -0.497 e. The molecule has 14 nitrogen and oxygen atoms in total. The fourth-order valence-electron chi connectivity index (χ4n) is 8.79. The van der Waals surface area contributed by atoms with E-state index < -0.39 is 50.0 Å². The summed E-state index contributed by atoms with van der Waals surface area (Å²) in [5, 5.41) is 0. The molecule has 2 aliphatic rings. The summed E-state index contributed by atoms with van der Waals surface area (Å²) in [7, 11) is -0.907. The van der Waals surface area contributed by atoms with Gasteiger partial charge in [-0.3, -0.25) is 9.09 Å². The van der Waals surface area contributed by atoms with Gasteiger partial charge in [-0.1, -0.05) is 146 Å². The van der Waals surface area contributed by atoms with Crippen LogP contribution in [0.2, 0.25) is 0 Å². The maximum atomic E-state index is 15.9. The first-order valence-electron chi connectivity index (χ1n) is 25.0. The second-order valence-corrected chi connectivity index (χ2v) is 20.7. The van der Waals surface area contributed by atoms with Crippen LogP contribution in [0.25, 0.3) is 0 Å². The van der Waals surface area contributed by atoms with E-state index >= 15 is 4.57 Å². The normalized spacial score (nSPS) is 22.2. The maximum Gasteiger partial charge on any atom is 0.331 e. The molecule has 0 radical (unpaired) electrons. The smallest absolute Gasteiger partial charge is 0.331 e. The van der Waals surface area contributed by atoms with Crippen molar-refractivity contribution in [3.05, 3.63) is 203 Å². The van der Waals surface area contributed by atoms with Gasteiger partial charge < -0.3 is 56.6 Å². The van der Waals surface area contributed by atoms with Gasteiger partial charge in [0.05, 0.1) is 72.7 Å². The molecule has 1 aliphatic carbocycles. The van der Waals surface area contributed by atoms with E-state index in [0.29, 0.717) is 24.5 Å². The van der Waals surface area contributed by atoms with Crippen LogP contribution in [-0.2, 0) is 95.9 Å². The molecule has 1 saturated heterocycles. The fourth-order valence-corrected chi connectivity index (χ4v) is 10.6. The molecule has 1 heterocycles. The summed E-state index contributed by atoms with van der Waals surface area (Å²) in [6.07, 6.45) is -6.30. The summed E-state index contributed by atoms with van der Waals surface area (Å²) in [5.41, 5.74) is 5.33. The monoisotopic (exact) mass is 1030 g/mol. The molecule has 1 saturated carbocycles. The van der Waals surface area contributed by atoms with Crippen LogP contribution in [0.3, 0.4) is 0 Å². The van der Waals surface area contributed by atoms with Gasteiger partial charge in [-0.05, 0) is 77.9 Å². The third-order valence-corrected chi connectivity index (χ3v) is 14.6. The summed E-state index contributed by atoms with van der Waals surface area (Å²) in [6, 6.07) is 54.3. The molecule has 0 N–H and O–H groups in total. The molecule has 0 spiro atoms. The van der Waals surface area contributed by atoms with Crippen molar-refractivity contribution in [2.45, 2.75) is 108 Å². The number of rotatable bonds is 29. The van der Waals surface area contributed by atoms with Crippen LogP contribution < -0.4 is 9.47 Å². The number of ether oxygens (including phenoxy) is 11. The molecule has 1 aliphatic heterocycles. The molecule has 6 aromatic rings. The molecule has 0 bridgehead atoms. The predicted molar refractivity (Wildman–Crippen MR) is 278 cm³/mol. The Morgan fingerprint density at radius 2 is 0.824 bits per heavy atom. The van der Waals surface area contributed by atoms with Gasteiger partial charge in [0.15, 0.2) is 5.79 Å². The highest BCUT2D eigenvalue weighted by Crippen LogP contribution is 2.54. The average molecular weight is 1030 g/mol. The van der Waals surface area contributed by atoms with Crippen molar-refractivity contribution in [1.82, 2.24) is 0 Å². The van der Waals surface area contributed by atoms with Crippen LogP contribution in [0.4, 0.5) is 0 Å². The van der Waals surface area contributed by atoms with E-state index in [0.717, 1.165) is 33.4 Å². The third kappa shape index (κ3) is 16.6. The Morgan fingerprint density at radius 3 is 1.20 bits per heavy atom. The van der Waals surface area contributed by atoms with E-state index in [9.17, 15) is 0 Å². The van der Waals surface area contributed by atoms with Gasteiger partial charge in [-0.25, -0.2) is 0 Å². The number of benzene rings is 6. The highest BCUT2D eigenvalue weighted by molar-refractivity contribution is 7.53. The van der Waals surface area contributed by atoms with Crippen LogP contribution in [0.1, 0.15) is 53.6 Å². The quantitative estimate of drug-likeness (QED) is 0.0250. The first-order chi connectivity index (χ1) is 36.2. The molecular weight excluding hydrogens is 964 g/mol. The summed E-state index contributed by atoms with van der Waals surface area (Å²) < 4.78 is 100. The zero-order chi connectivity index (χ0) is 51.4. The van der Waals surface area contributed by atoms with Gasteiger partial charge in [-0.15, -0.1) is 0 Å². The lowest BCUT2D eigenvalue weighted by Gasteiger charge is -2.50. The van der Waals surface area contributed by atoms with Crippen LogP contribution >= 0.6 is 7.60 Å². The molecule has 6 aromatic carbocycles. The van der Waals surface area contributed by atoms with E-state index in [-0.39, 0.29) is 65.5 Å². The molecule has 1 unspecified atom stereocenters. The zero-order valence-corrected chi connectivity index (χ0v) is 43.5. The maximum absolute atomic E-state index is 15.9. The molecule has 2 fully saturated rings. The van der Waals surface area contributed by atoms with Crippen molar-refractivity contribution in [2.75, 3.05) is 40.6 Å². The van der Waals surface area contributed by atoms with E-state index in [1.807, 2.05) is 184 Å². The fraction of sp³-hybridized carbons (Fsp3) is 0.390. The van der Waals surface area contributed by atoms with Crippen LogP contribution in [0.5, 0.6) is 11.5 Å². The van der Waals surface area contributed by atoms with E-state index in [2.05, 4.69) is 0 Å². The summed E-state index contributed by atoms with van der Waals surface area (Å²) in [5.74, 6) is 0.601. The van der Waals surface area contributed by atoms with Gasteiger partial charge >= 0.3 is 7.60 Å². The van der Waals surface area contributed by atoms with E-state index in [1.165, 1.54) is 0 Å². The Kier molecular flexibility index (Phi) is 20.8. The van der Waals surface area contributed by atoms with E-state index in [4.69, 9.17) is 61.2 Å². The molecule has 0 aromatic heterocycles. The molecule has 0 amide bonds. The van der Waals surface area contributed by atoms with Gasteiger partial charge in [0, 0.05) is 0 Å². The minimum atomic E-state index is -4.16. The number of hydrogen-bond acceptors (Lipinski definition) is 14. The van der Waals surface area contributed by atoms with Crippen molar-refractivity contribution in [1.29, 1.82) is 0 Å². The Balaban J connectivity index is 1.21. The van der Waals surface area contributed by atoms with Crippen molar-refractivity contribution < 1.29 is 65.7 Å². The van der Waals surface area contributed by atoms with Crippen molar-refractivity contribution in [2.24, 2.45) is 0 Å². The lowest BCUT2D eigenvalue weighted by molar-refractivity contribution is -0.295. The Labute approximate surface area is 435 Å². The SMILES string of the molecule is COc1ccc(CO[C@@H]2[C@@H](OCc3ccccc3)[C@@H](OCOCc3ccccc3)[C@H](OP(=O)(CC[C@H]3COC(C)(C)O3)OCc3ccccc3)[C@H](OCOCc3ccccc3)[C@H]2OCc2ccc(OC)cc2)cc1. The number of hydrogen-bond donors (Lipinski definition) is 0. The first kappa shape index (κ1) is 55.0. The Morgan fingerprint density at radius 1 is 0.459 bits per heavy atom. The lowest BCUT2D eigenvalue weighted by Crippen LogP contribution is -2.67. The van der Waals surface area contributed by atoms with Crippen molar-refractivity contribution in [3.8, 4) is 11.5 Å². The second-order valence-electron chi connectivity index (χ2n) is 18.6. The molecular formula is C59H69O14P. The van der Waals surface area contributed by atoms with Gasteiger partial charge in [0.2, 0.25) is 0 Å².